The minimum Gasteiger partial charge on any atom is -0.461 e. The van der Waals surface area contributed by atoms with Crippen molar-refractivity contribution in [2.45, 2.75) is 32.3 Å². The molecule has 0 amide bonds. The van der Waals surface area contributed by atoms with E-state index in [2.05, 4.69) is 12.2 Å². The lowest BCUT2D eigenvalue weighted by Crippen LogP contribution is -2.12. The van der Waals surface area contributed by atoms with Crippen molar-refractivity contribution in [2.75, 3.05) is 0 Å². The molecule has 0 saturated carbocycles. The second-order valence-corrected chi connectivity index (χ2v) is 4.50. The Morgan fingerprint density at radius 2 is 2.06 bits per heavy atom. The average molecular weight is 230 g/mol. The zero-order valence-electron chi connectivity index (χ0n) is 9.97. The van der Waals surface area contributed by atoms with E-state index < -0.39 is 0 Å². The van der Waals surface area contributed by atoms with E-state index in [1.807, 2.05) is 30.3 Å². The van der Waals surface area contributed by atoms with Gasteiger partial charge in [-0.2, -0.15) is 0 Å². The van der Waals surface area contributed by atoms with Gasteiger partial charge in [-0.1, -0.05) is 42.5 Å². The number of benzene rings is 1. The molecule has 0 fully saturated rings. The highest BCUT2D eigenvalue weighted by molar-refractivity contribution is 5.69. The number of carbonyl (C=O) groups is 1. The number of rotatable bonds is 4. The van der Waals surface area contributed by atoms with Crippen molar-refractivity contribution in [3.05, 3.63) is 48.0 Å². The molecule has 2 heteroatoms. The lowest BCUT2D eigenvalue weighted by molar-refractivity contribution is -0.146. The lowest BCUT2D eigenvalue weighted by Gasteiger charge is -2.16. The van der Waals surface area contributed by atoms with Crippen LogP contribution in [0.15, 0.2) is 42.5 Å². The minimum atomic E-state index is -0.0749. The van der Waals surface area contributed by atoms with E-state index >= 15 is 0 Å². The van der Waals surface area contributed by atoms with Crippen molar-refractivity contribution in [3.8, 4) is 0 Å². The summed E-state index contributed by atoms with van der Waals surface area (Å²) < 4.78 is 5.27. The van der Waals surface area contributed by atoms with E-state index in [-0.39, 0.29) is 5.97 Å². The van der Waals surface area contributed by atoms with Gasteiger partial charge < -0.3 is 4.74 Å². The molecule has 1 aliphatic carbocycles. The molecule has 1 unspecified atom stereocenters. The molecule has 1 aromatic rings. The van der Waals surface area contributed by atoms with Gasteiger partial charge in [0.25, 0.3) is 0 Å². The lowest BCUT2D eigenvalue weighted by atomic mass is 9.92. The van der Waals surface area contributed by atoms with Crippen molar-refractivity contribution >= 4 is 5.97 Å². The van der Waals surface area contributed by atoms with Crippen molar-refractivity contribution in [3.63, 3.8) is 0 Å². The molecule has 0 aliphatic heterocycles. The van der Waals surface area contributed by atoms with Gasteiger partial charge >= 0.3 is 5.97 Å². The first-order chi connectivity index (χ1) is 8.34. The predicted octanol–water partition coefficient (Wildman–Crippen LogP) is 3.48. The third-order valence-electron chi connectivity index (χ3n) is 3.08. The normalized spacial score (nSPS) is 18.9. The number of esters is 1. The highest BCUT2D eigenvalue weighted by Gasteiger charge is 2.15. The SMILES string of the molecule is O=C(CC1CC=CCC1)OCc1ccccc1. The second kappa shape index (κ2) is 6.24. The van der Waals surface area contributed by atoms with Gasteiger partial charge in [0, 0.05) is 6.42 Å². The molecule has 17 heavy (non-hydrogen) atoms. The van der Waals surface area contributed by atoms with E-state index in [1.54, 1.807) is 0 Å². The zero-order valence-corrected chi connectivity index (χ0v) is 9.97. The van der Waals surface area contributed by atoms with E-state index in [0.29, 0.717) is 18.9 Å². The number of carbonyl (C=O) groups excluding carboxylic acids is 1. The Balaban J connectivity index is 1.72. The van der Waals surface area contributed by atoms with E-state index in [1.165, 1.54) is 0 Å². The Morgan fingerprint density at radius 1 is 1.24 bits per heavy atom. The van der Waals surface area contributed by atoms with Crippen molar-refractivity contribution in [2.24, 2.45) is 5.92 Å². The van der Waals surface area contributed by atoms with Gasteiger partial charge in [0.05, 0.1) is 0 Å². The van der Waals surface area contributed by atoms with Gasteiger partial charge in [-0.25, -0.2) is 0 Å². The molecule has 0 N–H and O–H groups in total. The highest BCUT2D eigenvalue weighted by atomic mass is 16.5. The Morgan fingerprint density at radius 3 is 2.76 bits per heavy atom. The summed E-state index contributed by atoms with van der Waals surface area (Å²) in [4.78, 5) is 11.6. The molecule has 2 rings (SSSR count). The van der Waals surface area contributed by atoms with Crippen LogP contribution in [0, 0.1) is 5.92 Å². The van der Waals surface area contributed by atoms with Crippen LogP contribution in [0.4, 0.5) is 0 Å². The Bertz CT molecular complexity index is 381. The quantitative estimate of drug-likeness (QED) is 0.584. The number of allylic oxidation sites excluding steroid dienone is 2. The molecule has 0 heterocycles. The maximum absolute atomic E-state index is 11.6. The third kappa shape index (κ3) is 4.06. The number of ether oxygens (including phenoxy) is 1. The van der Waals surface area contributed by atoms with Gasteiger partial charge in [-0.05, 0) is 30.7 Å². The zero-order chi connectivity index (χ0) is 11.9. The molecular weight excluding hydrogens is 212 g/mol. The minimum absolute atomic E-state index is 0.0749. The first-order valence-electron chi connectivity index (χ1n) is 6.19. The summed E-state index contributed by atoms with van der Waals surface area (Å²) in [5, 5.41) is 0. The first kappa shape index (κ1) is 11.9. The third-order valence-corrected chi connectivity index (χ3v) is 3.08. The van der Waals surface area contributed by atoms with Crippen molar-refractivity contribution in [1.29, 1.82) is 0 Å². The van der Waals surface area contributed by atoms with Crippen LogP contribution >= 0.6 is 0 Å². The second-order valence-electron chi connectivity index (χ2n) is 4.50. The van der Waals surface area contributed by atoms with E-state index in [9.17, 15) is 4.79 Å². The summed E-state index contributed by atoms with van der Waals surface area (Å²) in [6, 6.07) is 9.80. The van der Waals surface area contributed by atoms with Crippen LogP contribution < -0.4 is 0 Å². The topological polar surface area (TPSA) is 26.3 Å². The fraction of sp³-hybridized carbons (Fsp3) is 0.400. The highest BCUT2D eigenvalue weighted by Crippen LogP contribution is 2.21. The van der Waals surface area contributed by atoms with Crippen LogP contribution in [-0.2, 0) is 16.1 Å². The van der Waals surface area contributed by atoms with Gasteiger partial charge in [-0.3, -0.25) is 4.79 Å². The summed E-state index contributed by atoms with van der Waals surface area (Å²) in [6.07, 6.45) is 8.12. The first-order valence-corrected chi connectivity index (χ1v) is 6.19. The van der Waals surface area contributed by atoms with Gasteiger partial charge in [-0.15, -0.1) is 0 Å². The summed E-state index contributed by atoms with van der Waals surface area (Å²) in [5.41, 5.74) is 1.05. The average Bonchev–Trinajstić information content (AvgIpc) is 2.39. The number of hydrogen-bond donors (Lipinski definition) is 0. The molecule has 0 aromatic heterocycles. The van der Waals surface area contributed by atoms with Gasteiger partial charge in [0.1, 0.15) is 6.61 Å². The van der Waals surface area contributed by atoms with Crippen molar-refractivity contribution in [1.82, 2.24) is 0 Å². The maximum atomic E-state index is 11.6. The Labute approximate surface area is 102 Å². The summed E-state index contributed by atoms with van der Waals surface area (Å²) in [7, 11) is 0. The summed E-state index contributed by atoms with van der Waals surface area (Å²) in [6.45, 7) is 0.391. The smallest absolute Gasteiger partial charge is 0.306 e. The monoisotopic (exact) mass is 230 g/mol. The molecule has 1 atom stereocenters. The molecule has 1 aromatic carbocycles. The largest absolute Gasteiger partial charge is 0.461 e. The van der Waals surface area contributed by atoms with Gasteiger partial charge in [0.15, 0.2) is 0 Å². The Kier molecular flexibility index (Phi) is 4.37. The predicted molar refractivity (Wildman–Crippen MR) is 67.3 cm³/mol. The Hall–Kier alpha value is -1.57. The summed E-state index contributed by atoms with van der Waals surface area (Å²) >= 11 is 0. The van der Waals surface area contributed by atoms with Crippen LogP contribution in [-0.4, -0.2) is 5.97 Å². The molecule has 90 valence electrons. The molecule has 0 saturated heterocycles. The van der Waals surface area contributed by atoms with E-state index in [4.69, 9.17) is 4.74 Å². The van der Waals surface area contributed by atoms with Crippen LogP contribution in [0.25, 0.3) is 0 Å². The summed E-state index contributed by atoms with van der Waals surface area (Å²) in [5.74, 6) is 0.400. The van der Waals surface area contributed by atoms with Crippen LogP contribution in [0.3, 0.4) is 0 Å². The number of hydrogen-bond acceptors (Lipinski definition) is 2. The van der Waals surface area contributed by atoms with Crippen LogP contribution in [0.2, 0.25) is 0 Å². The maximum Gasteiger partial charge on any atom is 0.306 e. The van der Waals surface area contributed by atoms with E-state index in [0.717, 1.165) is 24.8 Å². The molecule has 0 bridgehead atoms. The molecule has 2 nitrogen and oxygen atoms in total. The van der Waals surface area contributed by atoms with Gasteiger partial charge in [0.2, 0.25) is 0 Å². The standard InChI is InChI=1S/C15H18O2/c16-15(11-13-7-3-1-4-8-13)17-12-14-9-5-2-6-10-14/h1-3,5-6,9-10,13H,4,7-8,11-12H2. The fourth-order valence-corrected chi connectivity index (χ4v) is 2.07. The molecule has 1 aliphatic rings. The van der Waals surface area contributed by atoms with Crippen molar-refractivity contribution < 1.29 is 9.53 Å². The molecule has 0 radical (unpaired) electrons. The fourth-order valence-electron chi connectivity index (χ4n) is 2.07. The van der Waals surface area contributed by atoms with Crippen LogP contribution in [0.5, 0.6) is 0 Å². The molecule has 0 spiro atoms. The van der Waals surface area contributed by atoms with Crippen LogP contribution in [0.1, 0.15) is 31.2 Å². The molecular formula is C15H18O2.